The zero-order chi connectivity index (χ0) is 20.3. The van der Waals surface area contributed by atoms with Crippen molar-refractivity contribution in [2.75, 3.05) is 5.32 Å². The number of rotatable bonds is 6. The molecule has 7 heteroatoms. The Morgan fingerprint density at radius 2 is 2.04 bits per heavy atom. The summed E-state index contributed by atoms with van der Waals surface area (Å²) in [5.74, 6) is 0.404. The SMILES string of the molecule is Cc1[nH]c(C(=O)NCc2cccc(Cl)c2)c(C)c1-c1ccnc(NC(C)C)n1. The van der Waals surface area contributed by atoms with Gasteiger partial charge in [0.15, 0.2) is 0 Å². The molecule has 0 aliphatic heterocycles. The van der Waals surface area contributed by atoms with Crippen LogP contribution in [-0.2, 0) is 6.54 Å². The number of benzene rings is 1. The molecule has 3 N–H and O–H groups in total. The standard InChI is InChI=1S/C21H24ClN5O/c1-12(2)25-21-23-9-8-17(27-21)18-13(3)19(26-14(18)4)20(28)24-11-15-6-5-7-16(22)10-15/h5-10,12,26H,11H2,1-4H3,(H,24,28)(H,23,25,27). The Balaban J connectivity index is 1.82. The molecule has 0 spiro atoms. The molecule has 1 aromatic carbocycles. The number of halogens is 1. The average molecular weight is 398 g/mol. The second kappa shape index (κ2) is 8.44. The Bertz CT molecular complexity index is 996. The summed E-state index contributed by atoms with van der Waals surface area (Å²) < 4.78 is 0. The van der Waals surface area contributed by atoms with Crippen LogP contribution in [0.4, 0.5) is 5.95 Å². The molecule has 146 valence electrons. The third kappa shape index (κ3) is 4.51. The molecule has 6 nitrogen and oxygen atoms in total. The maximum Gasteiger partial charge on any atom is 0.268 e. The van der Waals surface area contributed by atoms with Crippen molar-refractivity contribution in [3.05, 3.63) is 64.1 Å². The van der Waals surface area contributed by atoms with E-state index in [1.54, 1.807) is 6.20 Å². The third-order valence-electron chi connectivity index (χ3n) is 4.34. The molecular weight excluding hydrogens is 374 g/mol. The van der Waals surface area contributed by atoms with Gasteiger partial charge >= 0.3 is 0 Å². The first kappa shape index (κ1) is 19.9. The number of carbonyl (C=O) groups excluding carboxylic acids is 1. The van der Waals surface area contributed by atoms with Gasteiger partial charge in [-0.25, -0.2) is 9.97 Å². The predicted molar refractivity (Wildman–Crippen MR) is 113 cm³/mol. The number of carbonyl (C=O) groups is 1. The molecule has 0 saturated heterocycles. The van der Waals surface area contributed by atoms with Gasteiger partial charge in [-0.05, 0) is 57.0 Å². The number of aromatic nitrogens is 3. The van der Waals surface area contributed by atoms with E-state index in [9.17, 15) is 4.79 Å². The first-order valence-corrected chi connectivity index (χ1v) is 9.54. The Labute approximate surface area is 169 Å². The molecule has 28 heavy (non-hydrogen) atoms. The molecule has 2 aromatic heterocycles. The summed E-state index contributed by atoms with van der Waals surface area (Å²) in [4.78, 5) is 24.8. The quantitative estimate of drug-likeness (QED) is 0.572. The van der Waals surface area contributed by atoms with Crippen LogP contribution in [0, 0.1) is 13.8 Å². The molecular formula is C21H24ClN5O. The molecule has 3 rings (SSSR count). The molecule has 0 atom stereocenters. The van der Waals surface area contributed by atoms with Crippen LogP contribution >= 0.6 is 11.6 Å². The number of H-pyrrole nitrogens is 1. The molecule has 0 aliphatic rings. The summed E-state index contributed by atoms with van der Waals surface area (Å²) in [5.41, 5.74) is 4.92. The lowest BCUT2D eigenvalue weighted by atomic mass is 10.1. The van der Waals surface area contributed by atoms with Gasteiger partial charge in [-0.2, -0.15) is 0 Å². The van der Waals surface area contributed by atoms with E-state index in [1.165, 1.54) is 0 Å². The number of aromatic amines is 1. The first-order chi connectivity index (χ1) is 13.3. The Morgan fingerprint density at radius 1 is 1.25 bits per heavy atom. The molecule has 0 unspecified atom stereocenters. The highest BCUT2D eigenvalue weighted by Crippen LogP contribution is 2.28. The summed E-state index contributed by atoms with van der Waals surface area (Å²) in [7, 11) is 0. The maximum absolute atomic E-state index is 12.7. The second-order valence-electron chi connectivity index (χ2n) is 7.00. The van der Waals surface area contributed by atoms with E-state index in [0.29, 0.717) is 23.2 Å². The number of amides is 1. The second-order valence-corrected chi connectivity index (χ2v) is 7.44. The fourth-order valence-corrected chi connectivity index (χ4v) is 3.32. The van der Waals surface area contributed by atoms with Crippen LogP contribution in [-0.4, -0.2) is 26.9 Å². The molecule has 0 saturated carbocycles. The summed E-state index contributed by atoms with van der Waals surface area (Å²) in [5, 5.41) is 6.79. The van der Waals surface area contributed by atoms with Crippen molar-refractivity contribution in [2.45, 2.75) is 40.3 Å². The van der Waals surface area contributed by atoms with E-state index in [2.05, 4.69) is 25.6 Å². The molecule has 0 bridgehead atoms. The van der Waals surface area contributed by atoms with Gasteiger partial charge in [0.25, 0.3) is 5.91 Å². The maximum atomic E-state index is 12.7. The van der Waals surface area contributed by atoms with Crippen LogP contribution in [0.1, 0.15) is 41.2 Å². The van der Waals surface area contributed by atoms with E-state index in [1.807, 2.05) is 58.0 Å². The largest absolute Gasteiger partial charge is 0.354 e. The highest BCUT2D eigenvalue weighted by Gasteiger charge is 2.19. The van der Waals surface area contributed by atoms with Crippen molar-refractivity contribution in [1.29, 1.82) is 0 Å². The van der Waals surface area contributed by atoms with Gasteiger partial charge in [-0.15, -0.1) is 0 Å². The Hall–Kier alpha value is -2.86. The van der Waals surface area contributed by atoms with Crippen molar-refractivity contribution in [3.8, 4) is 11.3 Å². The van der Waals surface area contributed by atoms with E-state index < -0.39 is 0 Å². The highest BCUT2D eigenvalue weighted by atomic mass is 35.5. The number of aryl methyl sites for hydroxylation is 1. The van der Waals surface area contributed by atoms with Gasteiger partial charge in [0, 0.05) is 35.1 Å². The number of anilines is 1. The van der Waals surface area contributed by atoms with Crippen LogP contribution in [0.25, 0.3) is 11.3 Å². The fourth-order valence-electron chi connectivity index (χ4n) is 3.10. The zero-order valence-corrected chi connectivity index (χ0v) is 17.2. The van der Waals surface area contributed by atoms with Crippen LogP contribution < -0.4 is 10.6 Å². The van der Waals surface area contributed by atoms with Gasteiger partial charge in [0.2, 0.25) is 5.95 Å². The monoisotopic (exact) mass is 397 g/mol. The summed E-state index contributed by atoms with van der Waals surface area (Å²) in [6.45, 7) is 8.33. The van der Waals surface area contributed by atoms with Gasteiger partial charge < -0.3 is 15.6 Å². The molecule has 0 aliphatic carbocycles. The van der Waals surface area contributed by atoms with E-state index in [-0.39, 0.29) is 11.9 Å². The predicted octanol–water partition coefficient (Wildman–Crippen LogP) is 4.49. The number of nitrogens with zero attached hydrogens (tertiary/aromatic N) is 2. The minimum Gasteiger partial charge on any atom is -0.354 e. The summed E-state index contributed by atoms with van der Waals surface area (Å²) >= 11 is 6.00. The lowest BCUT2D eigenvalue weighted by Crippen LogP contribution is -2.23. The Morgan fingerprint density at radius 3 is 2.75 bits per heavy atom. The Kier molecular flexibility index (Phi) is 5.99. The smallest absolute Gasteiger partial charge is 0.268 e. The summed E-state index contributed by atoms with van der Waals surface area (Å²) in [6, 6.07) is 9.52. The van der Waals surface area contributed by atoms with Crippen LogP contribution in [0.2, 0.25) is 5.02 Å². The van der Waals surface area contributed by atoms with Crippen molar-refractivity contribution in [2.24, 2.45) is 0 Å². The minimum atomic E-state index is -0.165. The highest BCUT2D eigenvalue weighted by molar-refractivity contribution is 6.30. The number of hydrogen-bond donors (Lipinski definition) is 3. The van der Waals surface area contributed by atoms with Crippen molar-refractivity contribution >= 4 is 23.5 Å². The third-order valence-corrected chi connectivity index (χ3v) is 4.57. The summed E-state index contributed by atoms with van der Waals surface area (Å²) in [6.07, 6.45) is 1.72. The van der Waals surface area contributed by atoms with Crippen molar-refractivity contribution in [3.63, 3.8) is 0 Å². The number of nitrogens with one attached hydrogen (secondary N) is 3. The van der Waals surface area contributed by atoms with E-state index >= 15 is 0 Å². The van der Waals surface area contributed by atoms with Crippen LogP contribution in [0.3, 0.4) is 0 Å². The molecule has 1 amide bonds. The van der Waals surface area contributed by atoms with E-state index in [4.69, 9.17) is 11.6 Å². The van der Waals surface area contributed by atoms with Gasteiger partial charge in [-0.3, -0.25) is 4.79 Å². The molecule has 0 radical (unpaired) electrons. The lowest BCUT2D eigenvalue weighted by molar-refractivity contribution is 0.0946. The first-order valence-electron chi connectivity index (χ1n) is 9.17. The van der Waals surface area contributed by atoms with Gasteiger partial charge in [-0.1, -0.05) is 23.7 Å². The molecule has 2 heterocycles. The average Bonchev–Trinajstić information content (AvgIpc) is 2.94. The van der Waals surface area contributed by atoms with Crippen molar-refractivity contribution in [1.82, 2.24) is 20.3 Å². The van der Waals surface area contributed by atoms with Gasteiger partial charge in [0.1, 0.15) is 5.69 Å². The van der Waals surface area contributed by atoms with E-state index in [0.717, 1.165) is 28.1 Å². The lowest BCUT2D eigenvalue weighted by Gasteiger charge is -2.09. The molecule has 0 fully saturated rings. The fraction of sp³-hybridized carbons (Fsp3) is 0.286. The van der Waals surface area contributed by atoms with Crippen LogP contribution in [0.15, 0.2) is 36.5 Å². The van der Waals surface area contributed by atoms with Crippen LogP contribution in [0.5, 0.6) is 0 Å². The van der Waals surface area contributed by atoms with Gasteiger partial charge in [0.05, 0.1) is 5.69 Å². The van der Waals surface area contributed by atoms with Crippen molar-refractivity contribution < 1.29 is 4.79 Å². The topological polar surface area (TPSA) is 82.7 Å². The minimum absolute atomic E-state index is 0.165. The normalized spacial score (nSPS) is 10.9. The molecule has 3 aromatic rings. The zero-order valence-electron chi connectivity index (χ0n) is 16.4. The number of hydrogen-bond acceptors (Lipinski definition) is 4.